The van der Waals surface area contributed by atoms with Crippen molar-refractivity contribution in [2.24, 2.45) is 0 Å². The van der Waals surface area contributed by atoms with Gasteiger partial charge in [-0.05, 0) is 0 Å². The first-order valence-electron chi connectivity index (χ1n) is 1.79. The fraction of sp³-hybridized carbons (Fsp3) is 0.333. The number of hydrogen-bond acceptors (Lipinski definition) is 3. The molecule has 0 aromatic rings. The van der Waals surface area contributed by atoms with E-state index in [1.165, 1.54) is 6.08 Å². The van der Waals surface area contributed by atoms with Crippen LogP contribution in [-0.2, 0) is 14.6 Å². The predicted octanol–water partition coefficient (Wildman–Crippen LogP) is -2.81. The molecule has 0 aromatic heterocycles. The van der Waals surface area contributed by atoms with E-state index < -0.39 is 10.4 Å². The van der Waals surface area contributed by atoms with Gasteiger partial charge in [-0.15, -0.1) is 6.58 Å². The zero-order valence-electron chi connectivity index (χ0n) is 7.87. The third-order valence-electron chi connectivity index (χ3n) is 0.335. The van der Waals surface area contributed by atoms with E-state index in [-0.39, 0.29) is 49.4 Å². The minimum Gasteiger partial charge on any atom is -1.00 e. The molecule has 0 aromatic carbocycles. The van der Waals surface area contributed by atoms with Crippen LogP contribution in [-0.4, -0.2) is 28.0 Å². The molecule has 0 aliphatic heterocycles. The molecule has 77 valence electrons. The molecule has 13 heavy (non-hydrogen) atoms. The minimum atomic E-state index is -4.26. The van der Waals surface area contributed by atoms with Crippen LogP contribution in [0.3, 0.4) is 0 Å². The van der Waals surface area contributed by atoms with E-state index in [9.17, 15) is 8.42 Å². The molecule has 0 aliphatic carbocycles. The Morgan fingerprint density at radius 2 is 1.69 bits per heavy atom. The molecule has 0 fully saturated rings. The van der Waals surface area contributed by atoms with E-state index in [0.29, 0.717) is 0 Å². The maximum atomic E-state index is 9.68. The summed E-state index contributed by atoms with van der Waals surface area (Å²) in [6, 6.07) is 0. The summed E-state index contributed by atoms with van der Waals surface area (Å²) in [5.74, 6) is 0. The van der Waals surface area contributed by atoms with Crippen LogP contribution in [0.1, 0.15) is 1.43 Å². The van der Waals surface area contributed by atoms with Crippen molar-refractivity contribution in [3.05, 3.63) is 12.7 Å². The van der Waals surface area contributed by atoms with Crippen molar-refractivity contribution < 1.29 is 51.6 Å². The average molecular weight is 217 g/mol. The molecule has 0 saturated carbocycles. The van der Waals surface area contributed by atoms with Crippen LogP contribution in [0.5, 0.6) is 0 Å². The Labute approximate surface area is 90.0 Å². The van der Waals surface area contributed by atoms with Crippen molar-refractivity contribution in [1.82, 2.24) is 0 Å². The zero-order chi connectivity index (χ0) is 6.62. The van der Waals surface area contributed by atoms with Crippen molar-refractivity contribution in [3.8, 4) is 0 Å². The van der Waals surface area contributed by atoms with Gasteiger partial charge in [0, 0.05) is 8.41 Å². The maximum absolute atomic E-state index is 9.68. The standard InChI is InChI=1S/C3H6O4S.B.3FH.Li.H/c1-2-3-7-8(4,5)6;;;;;;/h2H,1,3H2,(H,4,5,6);;3*1H;;/q;;;;;+1;-1. The van der Waals surface area contributed by atoms with E-state index in [1.54, 1.807) is 0 Å². The van der Waals surface area contributed by atoms with Crippen molar-refractivity contribution in [2.45, 2.75) is 0 Å². The average Bonchev–Trinajstić information content (AvgIpc) is 1.59. The Morgan fingerprint density at radius 1 is 1.38 bits per heavy atom. The van der Waals surface area contributed by atoms with Crippen molar-refractivity contribution in [2.75, 3.05) is 6.61 Å². The molecule has 0 unspecified atom stereocenters. The van der Waals surface area contributed by atoms with Crippen LogP contribution in [0.4, 0.5) is 14.1 Å². The number of halogens is 3. The molecule has 10 heteroatoms. The van der Waals surface area contributed by atoms with Crippen molar-refractivity contribution in [1.29, 1.82) is 0 Å². The van der Waals surface area contributed by atoms with Gasteiger partial charge in [0.1, 0.15) is 0 Å². The molecule has 0 saturated heterocycles. The van der Waals surface area contributed by atoms with Gasteiger partial charge in [0.05, 0.1) is 6.61 Å². The van der Waals surface area contributed by atoms with E-state index in [0.717, 1.165) is 0 Å². The molecular weight excluding hydrogens is 207 g/mol. The van der Waals surface area contributed by atoms with Crippen LogP contribution in [0.2, 0.25) is 0 Å². The van der Waals surface area contributed by atoms with Crippen molar-refractivity contribution >= 4 is 18.8 Å². The second-order valence-corrected chi connectivity index (χ2v) is 2.09. The first-order chi connectivity index (χ1) is 3.56. The maximum Gasteiger partial charge on any atom is 1.00 e. The van der Waals surface area contributed by atoms with Gasteiger partial charge in [-0.25, -0.2) is 4.18 Å². The van der Waals surface area contributed by atoms with Gasteiger partial charge in [-0.3, -0.25) is 18.7 Å². The summed E-state index contributed by atoms with van der Waals surface area (Å²) in [4.78, 5) is 0. The largest absolute Gasteiger partial charge is 1.00 e. The monoisotopic (exact) mass is 217 g/mol. The van der Waals surface area contributed by atoms with Crippen molar-refractivity contribution in [3.63, 3.8) is 0 Å². The van der Waals surface area contributed by atoms with Gasteiger partial charge in [0.15, 0.2) is 0 Å². The molecular formula is C3H10BF3LiO4S. The molecule has 4 nitrogen and oxygen atoms in total. The van der Waals surface area contributed by atoms with E-state index in [1.807, 2.05) is 0 Å². The molecule has 3 radical (unpaired) electrons. The second-order valence-electron chi connectivity index (χ2n) is 1.00. The van der Waals surface area contributed by atoms with E-state index in [4.69, 9.17) is 4.55 Å². The SMILES string of the molecule is C=CCOS(=O)(=O)O.F.F.F.[B].[H-].[Li+]. The fourth-order valence-corrected chi connectivity index (χ4v) is 0.402. The van der Waals surface area contributed by atoms with Crippen LogP contribution in [0.25, 0.3) is 0 Å². The predicted molar refractivity (Wildman–Crippen MR) is 42.1 cm³/mol. The molecule has 0 rings (SSSR count). The zero-order valence-corrected chi connectivity index (χ0v) is 7.69. The molecule has 0 atom stereocenters. The molecule has 0 spiro atoms. The van der Waals surface area contributed by atoms with Gasteiger partial charge in [-0.1, -0.05) is 6.08 Å². The summed E-state index contributed by atoms with van der Waals surface area (Å²) < 4.78 is 31.0. The third kappa shape index (κ3) is 47.7. The number of rotatable bonds is 3. The topological polar surface area (TPSA) is 63.6 Å². The van der Waals surface area contributed by atoms with Crippen LogP contribution >= 0.6 is 0 Å². The minimum absolute atomic E-state index is 0. The Bertz CT molecular complexity index is 181. The summed E-state index contributed by atoms with van der Waals surface area (Å²) in [6.45, 7) is 2.97. The summed E-state index contributed by atoms with van der Waals surface area (Å²) in [5.41, 5.74) is 0. The van der Waals surface area contributed by atoms with Crippen LogP contribution < -0.4 is 18.9 Å². The summed E-state index contributed by atoms with van der Waals surface area (Å²) in [6.07, 6.45) is 1.22. The van der Waals surface area contributed by atoms with Gasteiger partial charge in [0.2, 0.25) is 0 Å². The summed E-state index contributed by atoms with van der Waals surface area (Å²) in [7, 11) is -4.26. The first-order valence-corrected chi connectivity index (χ1v) is 3.15. The fourth-order valence-electron chi connectivity index (χ4n) is 0.134. The number of hydrogen-bond donors (Lipinski definition) is 1. The van der Waals surface area contributed by atoms with Crippen LogP contribution in [0.15, 0.2) is 12.7 Å². The van der Waals surface area contributed by atoms with Gasteiger partial charge in [0.25, 0.3) is 0 Å². The third-order valence-corrected chi connectivity index (χ3v) is 0.769. The van der Waals surface area contributed by atoms with Gasteiger partial charge >= 0.3 is 29.3 Å². The molecule has 0 aliphatic rings. The Morgan fingerprint density at radius 3 is 1.77 bits per heavy atom. The van der Waals surface area contributed by atoms with Gasteiger partial charge in [-0.2, -0.15) is 8.42 Å². The smallest absolute Gasteiger partial charge is 1.00 e. The molecule has 0 bridgehead atoms. The summed E-state index contributed by atoms with van der Waals surface area (Å²) in [5, 5.41) is 0. The molecule has 1 N–H and O–H groups in total. The van der Waals surface area contributed by atoms with E-state index >= 15 is 0 Å². The Hall–Kier alpha value is 0.0623. The first kappa shape index (κ1) is 38.1. The molecule has 0 heterocycles. The second kappa shape index (κ2) is 18.0. The molecule has 0 amide bonds. The van der Waals surface area contributed by atoms with Gasteiger partial charge < -0.3 is 1.43 Å². The van der Waals surface area contributed by atoms with E-state index in [2.05, 4.69) is 10.8 Å². The van der Waals surface area contributed by atoms with Crippen LogP contribution in [0, 0.1) is 0 Å². The quantitative estimate of drug-likeness (QED) is 0.314. The Balaban J connectivity index is -0.0000000163. The normalized spacial score (nSPS) is 6.85. The summed E-state index contributed by atoms with van der Waals surface area (Å²) >= 11 is 0. The Kier molecular flexibility index (Phi) is 52.7.